The van der Waals surface area contributed by atoms with Crippen molar-refractivity contribution in [3.8, 4) is 0 Å². The summed E-state index contributed by atoms with van der Waals surface area (Å²) < 4.78 is 3.86. The minimum atomic E-state index is -0.112. The Morgan fingerprint density at radius 1 is 1.50 bits per heavy atom. The van der Waals surface area contributed by atoms with Crippen LogP contribution in [-0.4, -0.2) is 30.5 Å². The number of nitrogens with one attached hydrogen (secondary N) is 1. The van der Waals surface area contributed by atoms with E-state index in [-0.39, 0.29) is 11.9 Å². The summed E-state index contributed by atoms with van der Waals surface area (Å²) in [5, 5.41) is 15.4. The van der Waals surface area contributed by atoms with Crippen molar-refractivity contribution < 1.29 is 4.79 Å². The molecule has 2 aromatic rings. The lowest BCUT2D eigenvalue weighted by atomic mass is 10.3. The third-order valence-electron chi connectivity index (χ3n) is 3.53. The number of nitrogens with zero attached hydrogens (tertiary/aromatic N) is 5. The van der Waals surface area contributed by atoms with Crippen LogP contribution in [0.4, 0.5) is 0 Å². The zero-order valence-electron chi connectivity index (χ0n) is 11.5. The molecule has 0 aliphatic carbocycles. The first-order chi connectivity index (χ1) is 9.74. The Bertz CT molecular complexity index is 588. The van der Waals surface area contributed by atoms with Gasteiger partial charge in [0, 0.05) is 38.3 Å². The second-order valence-electron chi connectivity index (χ2n) is 5.04. The smallest absolute Gasteiger partial charge is 0.222 e. The zero-order valence-corrected chi connectivity index (χ0v) is 11.5. The van der Waals surface area contributed by atoms with Gasteiger partial charge in [-0.1, -0.05) is 0 Å². The van der Waals surface area contributed by atoms with Crippen LogP contribution in [0, 0.1) is 0 Å². The predicted molar refractivity (Wildman–Crippen MR) is 71.7 cm³/mol. The fraction of sp³-hybridized carbons (Fsp3) is 0.538. The van der Waals surface area contributed by atoms with Crippen molar-refractivity contribution in [3.05, 3.63) is 30.1 Å². The number of hydrogen-bond acceptors (Lipinski definition) is 4. The predicted octanol–water partition coefficient (Wildman–Crippen LogP) is 0.688. The van der Waals surface area contributed by atoms with Gasteiger partial charge in [-0.3, -0.25) is 9.48 Å². The van der Waals surface area contributed by atoms with Crippen LogP contribution >= 0.6 is 0 Å². The lowest BCUT2D eigenvalue weighted by Gasteiger charge is -2.13. The lowest BCUT2D eigenvalue weighted by Crippen LogP contribution is -2.29. The van der Waals surface area contributed by atoms with Crippen LogP contribution in [0.15, 0.2) is 18.5 Å². The molecule has 0 bridgehead atoms. The second-order valence-corrected chi connectivity index (χ2v) is 5.04. The molecule has 0 saturated carbocycles. The van der Waals surface area contributed by atoms with Crippen LogP contribution in [-0.2, 0) is 24.3 Å². The van der Waals surface area contributed by atoms with Gasteiger partial charge >= 0.3 is 0 Å². The van der Waals surface area contributed by atoms with Gasteiger partial charge in [-0.25, -0.2) is 0 Å². The van der Waals surface area contributed by atoms with E-state index in [4.69, 9.17) is 0 Å². The molecule has 7 nitrogen and oxygen atoms in total. The molecular formula is C13H18N6O. The Morgan fingerprint density at radius 3 is 3.20 bits per heavy atom. The van der Waals surface area contributed by atoms with Crippen molar-refractivity contribution in [2.45, 2.75) is 45.3 Å². The van der Waals surface area contributed by atoms with Gasteiger partial charge in [0.05, 0.1) is 6.04 Å². The van der Waals surface area contributed by atoms with Crippen molar-refractivity contribution in [2.75, 3.05) is 0 Å². The molecule has 106 valence electrons. The van der Waals surface area contributed by atoms with Crippen molar-refractivity contribution in [2.24, 2.45) is 0 Å². The molecule has 0 radical (unpaired) electrons. The average molecular weight is 274 g/mol. The quantitative estimate of drug-likeness (QED) is 0.870. The third-order valence-corrected chi connectivity index (χ3v) is 3.53. The molecule has 0 fully saturated rings. The Labute approximate surface area is 117 Å². The molecule has 3 rings (SSSR count). The van der Waals surface area contributed by atoms with Gasteiger partial charge in [-0.15, -0.1) is 10.2 Å². The number of hydrogen-bond donors (Lipinski definition) is 1. The summed E-state index contributed by atoms with van der Waals surface area (Å²) in [6.07, 6.45) is 6.06. The second kappa shape index (κ2) is 5.44. The van der Waals surface area contributed by atoms with Gasteiger partial charge in [0.1, 0.15) is 5.82 Å². The number of carbonyl (C=O) groups is 1. The number of carbonyl (C=O) groups excluding carboxylic acids is 1. The van der Waals surface area contributed by atoms with Crippen molar-refractivity contribution in [1.82, 2.24) is 29.9 Å². The highest BCUT2D eigenvalue weighted by Crippen LogP contribution is 2.18. The minimum Gasteiger partial charge on any atom is -0.346 e. The average Bonchev–Trinajstić information content (AvgIpc) is 3.13. The van der Waals surface area contributed by atoms with Gasteiger partial charge in [0.15, 0.2) is 5.82 Å². The van der Waals surface area contributed by atoms with E-state index in [0.717, 1.165) is 31.0 Å². The molecule has 1 amide bonds. The van der Waals surface area contributed by atoms with E-state index in [1.165, 1.54) is 0 Å². The summed E-state index contributed by atoms with van der Waals surface area (Å²) in [7, 11) is 0. The minimum absolute atomic E-state index is 0.00310. The van der Waals surface area contributed by atoms with Crippen LogP contribution in [0.25, 0.3) is 0 Å². The third kappa shape index (κ3) is 2.56. The normalized spacial score (nSPS) is 15.1. The topological polar surface area (TPSA) is 77.6 Å². The fourth-order valence-corrected chi connectivity index (χ4v) is 2.52. The largest absolute Gasteiger partial charge is 0.346 e. The Hall–Kier alpha value is -2.18. The van der Waals surface area contributed by atoms with Gasteiger partial charge in [0.25, 0.3) is 0 Å². The first kappa shape index (κ1) is 12.8. The molecule has 1 atom stereocenters. The van der Waals surface area contributed by atoms with Crippen molar-refractivity contribution in [3.63, 3.8) is 0 Å². The maximum absolute atomic E-state index is 11.9. The highest BCUT2D eigenvalue weighted by Gasteiger charge is 2.22. The lowest BCUT2D eigenvalue weighted by molar-refractivity contribution is -0.122. The molecule has 2 aromatic heterocycles. The number of aromatic nitrogens is 5. The van der Waals surface area contributed by atoms with Crippen LogP contribution in [0.5, 0.6) is 0 Å². The highest BCUT2D eigenvalue weighted by atomic mass is 16.1. The number of rotatable bonds is 5. The van der Waals surface area contributed by atoms with E-state index in [1.54, 1.807) is 10.9 Å². The molecule has 1 aliphatic heterocycles. The Morgan fingerprint density at radius 2 is 2.40 bits per heavy atom. The van der Waals surface area contributed by atoms with Gasteiger partial charge in [-0.05, 0) is 19.4 Å². The first-order valence-corrected chi connectivity index (χ1v) is 6.93. The van der Waals surface area contributed by atoms with Crippen LogP contribution in [0.1, 0.15) is 37.5 Å². The van der Waals surface area contributed by atoms with Gasteiger partial charge < -0.3 is 9.88 Å². The van der Waals surface area contributed by atoms with E-state index in [9.17, 15) is 4.79 Å². The summed E-state index contributed by atoms with van der Waals surface area (Å²) in [6.45, 7) is 3.48. The van der Waals surface area contributed by atoms with Crippen molar-refractivity contribution >= 4 is 5.91 Å². The maximum Gasteiger partial charge on any atom is 0.222 e. The molecule has 0 spiro atoms. The number of amides is 1. The fourth-order valence-electron chi connectivity index (χ4n) is 2.52. The van der Waals surface area contributed by atoms with Gasteiger partial charge in [-0.2, -0.15) is 5.10 Å². The number of aryl methyl sites for hydroxylation is 2. The standard InChI is InChI=1S/C13H18N6O/c1-10(13-17-16-11-4-2-8-19(11)13)15-12(20)5-9-18-7-3-6-14-18/h3,6-7,10H,2,4-5,8-9H2,1H3,(H,15,20)/t10-/m0/s1. The monoisotopic (exact) mass is 274 g/mol. The summed E-state index contributed by atoms with van der Waals surface area (Å²) in [5.41, 5.74) is 0. The van der Waals surface area contributed by atoms with E-state index in [2.05, 4.69) is 25.2 Å². The SMILES string of the molecule is C[C@H](NC(=O)CCn1cccn1)c1nnc2n1CCC2. The van der Waals surface area contributed by atoms with Crippen LogP contribution in [0.3, 0.4) is 0 Å². The van der Waals surface area contributed by atoms with E-state index in [1.807, 2.05) is 19.2 Å². The molecule has 0 saturated heterocycles. The molecule has 0 unspecified atom stereocenters. The molecular weight excluding hydrogens is 256 g/mol. The summed E-state index contributed by atoms with van der Waals surface area (Å²) >= 11 is 0. The van der Waals surface area contributed by atoms with Crippen LogP contribution < -0.4 is 5.32 Å². The Kier molecular flexibility index (Phi) is 3.49. The zero-order chi connectivity index (χ0) is 13.9. The van der Waals surface area contributed by atoms with Gasteiger partial charge in [0.2, 0.25) is 5.91 Å². The first-order valence-electron chi connectivity index (χ1n) is 6.93. The summed E-state index contributed by atoms with van der Waals surface area (Å²) in [6, 6.07) is 1.74. The Balaban J connectivity index is 1.55. The summed E-state index contributed by atoms with van der Waals surface area (Å²) in [5.74, 6) is 1.88. The van der Waals surface area contributed by atoms with Crippen molar-refractivity contribution in [1.29, 1.82) is 0 Å². The van der Waals surface area contributed by atoms with E-state index in [0.29, 0.717) is 13.0 Å². The van der Waals surface area contributed by atoms with E-state index >= 15 is 0 Å². The molecule has 0 aromatic carbocycles. The molecule has 3 heterocycles. The maximum atomic E-state index is 11.9. The van der Waals surface area contributed by atoms with E-state index < -0.39 is 0 Å². The molecule has 1 aliphatic rings. The number of fused-ring (bicyclic) bond motifs is 1. The molecule has 1 N–H and O–H groups in total. The summed E-state index contributed by atoms with van der Waals surface area (Å²) in [4.78, 5) is 11.9. The molecule has 20 heavy (non-hydrogen) atoms. The molecule has 7 heteroatoms. The van der Waals surface area contributed by atoms with Crippen LogP contribution in [0.2, 0.25) is 0 Å². The highest BCUT2D eigenvalue weighted by molar-refractivity contribution is 5.76.